The number of benzene rings is 3. The highest BCUT2D eigenvalue weighted by molar-refractivity contribution is 5.66. The van der Waals surface area contributed by atoms with Gasteiger partial charge in [0.15, 0.2) is 34.8 Å². The lowest BCUT2D eigenvalue weighted by atomic mass is 9.82. The first-order valence-corrected chi connectivity index (χ1v) is 12.6. The van der Waals surface area contributed by atoms with Crippen LogP contribution in [0.1, 0.15) is 56.6 Å². The Bertz CT molecular complexity index is 1290. The van der Waals surface area contributed by atoms with E-state index in [2.05, 4.69) is 0 Å². The lowest BCUT2D eigenvalue weighted by Gasteiger charge is -2.29. The summed E-state index contributed by atoms with van der Waals surface area (Å²) in [5.74, 6) is -7.80. The molecule has 0 aliphatic heterocycles. The van der Waals surface area contributed by atoms with Crippen molar-refractivity contribution in [2.24, 2.45) is 0 Å². The highest BCUT2D eigenvalue weighted by Crippen LogP contribution is 2.39. The first-order chi connectivity index (χ1) is 18.3. The molecule has 1 aliphatic carbocycles. The molecule has 0 amide bonds. The molecule has 3 aromatic rings. The highest BCUT2D eigenvalue weighted by atomic mass is 19.2. The fourth-order valence-corrected chi connectivity index (χ4v) is 4.79. The topological polar surface area (TPSA) is 27.7 Å². The molecule has 1 fully saturated rings. The molecule has 0 saturated heterocycles. The zero-order valence-corrected chi connectivity index (χ0v) is 21.1. The molecule has 0 N–H and O–H groups in total. The minimum absolute atomic E-state index is 0.0646. The molecule has 1 saturated carbocycles. The molecule has 4 rings (SSSR count). The van der Waals surface area contributed by atoms with E-state index in [9.17, 15) is 17.6 Å². The molecule has 3 nitrogen and oxygen atoms in total. The smallest absolute Gasteiger partial charge is 0.201 e. The summed E-state index contributed by atoms with van der Waals surface area (Å²) in [7, 11) is 0. The van der Waals surface area contributed by atoms with Gasteiger partial charge in [-0.05, 0) is 75.3 Å². The lowest BCUT2D eigenvalue weighted by Crippen LogP contribution is -2.21. The quantitative estimate of drug-likeness (QED) is 0.257. The Hall–Kier alpha value is -3.20. The van der Waals surface area contributed by atoms with Crippen molar-refractivity contribution in [2.45, 2.75) is 58.2 Å². The summed E-state index contributed by atoms with van der Waals surface area (Å²) in [6, 6.07) is 7.74. The average molecular weight is 539 g/mol. The average Bonchev–Trinajstić information content (AvgIpc) is 2.92. The Labute approximate surface area is 217 Å². The summed E-state index contributed by atoms with van der Waals surface area (Å²) in [4.78, 5) is 0. The monoisotopic (exact) mass is 538 g/mol. The van der Waals surface area contributed by atoms with Crippen molar-refractivity contribution < 1.29 is 40.6 Å². The molecule has 38 heavy (non-hydrogen) atoms. The molecular formula is C29H28F6O3. The first kappa shape index (κ1) is 27.8. The SMILES string of the molecule is CCOc1ccc(COC2CCC(c3ccc(-c4ccc(OCC)c(F)c4F)c(F)c3F)CC2)c(F)c1F. The van der Waals surface area contributed by atoms with Crippen molar-refractivity contribution in [1.29, 1.82) is 0 Å². The Morgan fingerprint density at radius 3 is 1.74 bits per heavy atom. The van der Waals surface area contributed by atoms with E-state index in [1.165, 1.54) is 30.3 Å². The fourth-order valence-electron chi connectivity index (χ4n) is 4.79. The van der Waals surface area contributed by atoms with Crippen LogP contribution in [0.3, 0.4) is 0 Å². The van der Waals surface area contributed by atoms with Crippen molar-refractivity contribution in [3.05, 3.63) is 82.4 Å². The largest absolute Gasteiger partial charge is 0.491 e. The summed E-state index contributed by atoms with van der Waals surface area (Å²) < 4.78 is 103. The van der Waals surface area contributed by atoms with Crippen molar-refractivity contribution in [3.8, 4) is 22.6 Å². The second kappa shape index (κ2) is 12.1. The number of rotatable bonds is 9. The second-order valence-corrected chi connectivity index (χ2v) is 9.07. The molecule has 204 valence electrons. The normalized spacial score (nSPS) is 17.5. The summed E-state index contributed by atoms with van der Waals surface area (Å²) >= 11 is 0. The van der Waals surface area contributed by atoms with Crippen LogP contribution in [-0.2, 0) is 11.3 Å². The molecule has 0 radical (unpaired) electrons. The van der Waals surface area contributed by atoms with Gasteiger partial charge in [0.1, 0.15) is 0 Å². The van der Waals surface area contributed by atoms with Crippen LogP contribution in [0.4, 0.5) is 26.3 Å². The van der Waals surface area contributed by atoms with E-state index in [0.29, 0.717) is 25.7 Å². The van der Waals surface area contributed by atoms with E-state index in [4.69, 9.17) is 14.2 Å². The van der Waals surface area contributed by atoms with E-state index < -0.39 is 40.5 Å². The third kappa shape index (κ3) is 5.62. The number of hydrogen-bond acceptors (Lipinski definition) is 3. The Kier molecular flexibility index (Phi) is 8.87. The lowest BCUT2D eigenvalue weighted by molar-refractivity contribution is 0.0116. The molecule has 0 bridgehead atoms. The minimum atomic E-state index is -1.32. The van der Waals surface area contributed by atoms with Crippen molar-refractivity contribution in [3.63, 3.8) is 0 Å². The van der Waals surface area contributed by atoms with Gasteiger partial charge in [0.2, 0.25) is 11.6 Å². The van der Waals surface area contributed by atoms with Gasteiger partial charge in [-0.15, -0.1) is 0 Å². The molecular weight excluding hydrogens is 510 g/mol. The van der Waals surface area contributed by atoms with Crippen LogP contribution in [0, 0.1) is 34.9 Å². The predicted octanol–water partition coefficient (Wildman–Crippen LogP) is 8.23. The molecule has 0 aromatic heterocycles. The van der Waals surface area contributed by atoms with E-state index in [1.807, 2.05) is 0 Å². The number of halogens is 6. The van der Waals surface area contributed by atoms with E-state index in [0.717, 1.165) is 6.07 Å². The highest BCUT2D eigenvalue weighted by Gasteiger charge is 2.28. The van der Waals surface area contributed by atoms with Gasteiger partial charge in [-0.25, -0.2) is 17.6 Å². The summed E-state index contributed by atoms with van der Waals surface area (Å²) in [5, 5.41) is 0. The predicted molar refractivity (Wildman–Crippen MR) is 130 cm³/mol. The third-order valence-corrected chi connectivity index (χ3v) is 6.76. The van der Waals surface area contributed by atoms with Crippen LogP contribution in [-0.4, -0.2) is 19.3 Å². The minimum Gasteiger partial charge on any atom is -0.491 e. The zero-order chi connectivity index (χ0) is 27.4. The van der Waals surface area contributed by atoms with E-state index in [1.54, 1.807) is 13.8 Å². The molecule has 0 unspecified atom stereocenters. The third-order valence-electron chi connectivity index (χ3n) is 6.76. The van der Waals surface area contributed by atoms with Gasteiger partial charge >= 0.3 is 0 Å². The van der Waals surface area contributed by atoms with Crippen molar-refractivity contribution in [1.82, 2.24) is 0 Å². The summed E-state index contributed by atoms with van der Waals surface area (Å²) in [5.41, 5.74) is -0.567. The zero-order valence-electron chi connectivity index (χ0n) is 21.1. The van der Waals surface area contributed by atoms with E-state index >= 15 is 8.78 Å². The molecule has 9 heteroatoms. The van der Waals surface area contributed by atoms with Gasteiger partial charge in [-0.1, -0.05) is 12.1 Å². The Balaban J connectivity index is 1.41. The Morgan fingerprint density at radius 2 is 1.13 bits per heavy atom. The molecule has 0 atom stereocenters. The summed E-state index contributed by atoms with van der Waals surface area (Å²) in [6.07, 6.45) is 1.72. The fraction of sp³-hybridized carbons (Fsp3) is 0.379. The van der Waals surface area contributed by atoms with Crippen LogP contribution in [0.5, 0.6) is 11.5 Å². The maximum Gasteiger partial charge on any atom is 0.201 e. The molecule has 0 heterocycles. The van der Waals surface area contributed by atoms with Crippen LogP contribution in [0.15, 0.2) is 36.4 Å². The molecule has 3 aromatic carbocycles. The number of hydrogen-bond donors (Lipinski definition) is 0. The van der Waals surface area contributed by atoms with Crippen molar-refractivity contribution >= 4 is 0 Å². The molecule has 1 aliphatic rings. The van der Waals surface area contributed by atoms with Crippen LogP contribution >= 0.6 is 0 Å². The Morgan fingerprint density at radius 1 is 0.605 bits per heavy atom. The van der Waals surface area contributed by atoms with Gasteiger partial charge < -0.3 is 14.2 Å². The maximum atomic E-state index is 15.1. The van der Waals surface area contributed by atoms with Crippen LogP contribution in [0.2, 0.25) is 0 Å². The van der Waals surface area contributed by atoms with Crippen LogP contribution in [0.25, 0.3) is 11.1 Å². The number of ether oxygens (including phenoxy) is 3. The van der Waals surface area contributed by atoms with Gasteiger partial charge in [-0.3, -0.25) is 0 Å². The second-order valence-electron chi connectivity index (χ2n) is 9.07. The molecule has 0 spiro atoms. The van der Waals surface area contributed by atoms with Gasteiger partial charge in [0.25, 0.3) is 0 Å². The maximum absolute atomic E-state index is 15.1. The van der Waals surface area contributed by atoms with E-state index in [-0.39, 0.29) is 60.0 Å². The summed E-state index contributed by atoms with van der Waals surface area (Å²) in [6.45, 7) is 3.48. The van der Waals surface area contributed by atoms with Gasteiger partial charge in [0.05, 0.1) is 25.9 Å². The first-order valence-electron chi connectivity index (χ1n) is 12.6. The van der Waals surface area contributed by atoms with Gasteiger partial charge in [0, 0.05) is 16.7 Å². The standard InChI is InChI=1S/C29H28F6O3/c1-3-36-22-13-7-17(24(30)28(22)34)15-38-18-8-5-16(6-9-18)19-10-11-20(26(32)25(19)31)21-12-14-23(37-4-2)29(35)27(21)33/h7,10-14,16,18H,3-6,8-9,15H2,1-2H3. The van der Waals surface area contributed by atoms with Gasteiger partial charge in [-0.2, -0.15) is 8.78 Å². The van der Waals surface area contributed by atoms with Crippen molar-refractivity contribution in [2.75, 3.05) is 13.2 Å². The van der Waals surface area contributed by atoms with Crippen LogP contribution < -0.4 is 9.47 Å².